The molecule has 0 aliphatic carbocycles. The predicted molar refractivity (Wildman–Crippen MR) is 80.6 cm³/mol. The van der Waals surface area contributed by atoms with Gasteiger partial charge >= 0.3 is 6.18 Å². The van der Waals surface area contributed by atoms with Crippen LogP contribution in [-0.4, -0.2) is 24.6 Å². The van der Waals surface area contributed by atoms with E-state index in [1.165, 1.54) is 6.07 Å². The van der Waals surface area contributed by atoms with Gasteiger partial charge in [0.2, 0.25) is 0 Å². The Morgan fingerprint density at radius 1 is 1.09 bits per heavy atom. The number of nitrogens with zero attached hydrogens (tertiary/aromatic N) is 2. The van der Waals surface area contributed by atoms with E-state index in [0.717, 1.165) is 44.5 Å². The van der Waals surface area contributed by atoms with E-state index in [4.69, 9.17) is 5.21 Å². The second-order valence-electron chi connectivity index (χ2n) is 5.37. The van der Waals surface area contributed by atoms with Crippen molar-refractivity contribution in [3.05, 3.63) is 23.8 Å². The van der Waals surface area contributed by atoms with Gasteiger partial charge < -0.3 is 15.4 Å². The molecule has 1 aliphatic rings. The summed E-state index contributed by atoms with van der Waals surface area (Å²) in [6.07, 6.45) is 1.61. The highest BCUT2D eigenvalue weighted by atomic mass is 19.4. The fourth-order valence-corrected chi connectivity index (χ4v) is 2.72. The quantitative estimate of drug-likeness (QED) is 0.378. The fraction of sp³-hybridized carbons (Fsp3) is 0.533. The van der Waals surface area contributed by atoms with Gasteiger partial charge in [-0.1, -0.05) is 24.4 Å². The Morgan fingerprint density at radius 2 is 1.73 bits per heavy atom. The van der Waals surface area contributed by atoms with Crippen LogP contribution in [0.5, 0.6) is 0 Å². The molecule has 0 saturated carbocycles. The third-order valence-corrected chi connectivity index (χ3v) is 3.79. The Bertz CT molecular complexity index is 509. The molecule has 1 saturated heterocycles. The molecule has 1 aromatic carbocycles. The number of hydrogen-bond acceptors (Lipinski definition) is 3. The average Bonchev–Trinajstić information content (AvgIpc) is 2.44. The van der Waals surface area contributed by atoms with E-state index in [0.29, 0.717) is 13.1 Å². The lowest BCUT2D eigenvalue weighted by Gasteiger charge is -2.29. The van der Waals surface area contributed by atoms with Gasteiger partial charge in [-0.25, -0.2) is 0 Å². The number of nitrogens with one attached hydrogen (secondary N) is 1. The molecule has 0 amide bonds. The van der Waals surface area contributed by atoms with Crippen LogP contribution in [0.4, 0.5) is 24.5 Å². The van der Waals surface area contributed by atoms with E-state index in [2.05, 4.69) is 10.5 Å². The first kappa shape index (κ1) is 16.5. The molecular formula is C15H20F3N3O. The molecule has 1 fully saturated rings. The zero-order valence-corrected chi connectivity index (χ0v) is 12.2. The van der Waals surface area contributed by atoms with Gasteiger partial charge in [0.05, 0.1) is 5.56 Å². The summed E-state index contributed by atoms with van der Waals surface area (Å²) in [5.41, 5.74) is -0.203. The van der Waals surface area contributed by atoms with Crippen LogP contribution in [0, 0.1) is 0 Å². The zero-order valence-electron chi connectivity index (χ0n) is 12.2. The average molecular weight is 315 g/mol. The van der Waals surface area contributed by atoms with Crippen molar-refractivity contribution in [2.45, 2.75) is 38.3 Å². The van der Waals surface area contributed by atoms with Crippen molar-refractivity contribution in [3.8, 4) is 0 Å². The van der Waals surface area contributed by atoms with E-state index in [-0.39, 0.29) is 11.4 Å². The van der Waals surface area contributed by atoms with Gasteiger partial charge in [-0.05, 0) is 31.0 Å². The van der Waals surface area contributed by atoms with Crippen LogP contribution in [0.2, 0.25) is 0 Å². The lowest BCUT2D eigenvalue weighted by Crippen LogP contribution is -2.29. The van der Waals surface area contributed by atoms with Gasteiger partial charge in [0.1, 0.15) is 6.34 Å². The van der Waals surface area contributed by atoms with Gasteiger partial charge in [-0.3, -0.25) is 0 Å². The molecule has 0 bridgehead atoms. The van der Waals surface area contributed by atoms with Crippen molar-refractivity contribution in [2.75, 3.05) is 23.3 Å². The molecule has 0 atom stereocenters. The summed E-state index contributed by atoms with van der Waals surface area (Å²) in [7, 11) is 0. The first-order valence-corrected chi connectivity index (χ1v) is 7.41. The second-order valence-corrected chi connectivity index (χ2v) is 5.37. The molecule has 0 unspecified atom stereocenters. The van der Waals surface area contributed by atoms with E-state index < -0.39 is 11.7 Å². The molecule has 0 radical (unpaired) electrons. The smallest absolute Gasteiger partial charge is 0.410 e. The molecule has 1 aromatic rings. The highest BCUT2D eigenvalue weighted by molar-refractivity contribution is 5.77. The SMILES string of the molecule is O/N=C/Nc1ccc(N2CCCCCCC2)c(C(F)(F)F)c1. The molecule has 22 heavy (non-hydrogen) atoms. The van der Waals surface area contributed by atoms with Crippen LogP contribution in [0.15, 0.2) is 23.4 Å². The molecule has 7 heteroatoms. The Labute approximate surface area is 127 Å². The Morgan fingerprint density at radius 3 is 2.32 bits per heavy atom. The number of oxime groups is 1. The van der Waals surface area contributed by atoms with Gasteiger partial charge in [-0.15, -0.1) is 0 Å². The molecule has 0 spiro atoms. The first-order chi connectivity index (χ1) is 10.5. The minimum absolute atomic E-state index is 0.223. The summed E-state index contributed by atoms with van der Waals surface area (Å²) in [6, 6.07) is 4.10. The minimum atomic E-state index is -4.42. The van der Waals surface area contributed by atoms with Crippen molar-refractivity contribution >= 4 is 17.7 Å². The molecular weight excluding hydrogens is 295 g/mol. The first-order valence-electron chi connectivity index (χ1n) is 7.41. The second kappa shape index (κ2) is 7.38. The molecule has 2 N–H and O–H groups in total. The highest BCUT2D eigenvalue weighted by Crippen LogP contribution is 2.38. The van der Waals surface area contributed by atoms with Gasteiger partial charge in [0.15, 0.2) is 0 Å². The standard InChI is InChI=1S/C15H20F3N3O/c16-15(17,18)13-10-12(19-11-20-22)6-7-14(13)21-8-4-2-1-3-5-9-21/h6-7,10-11,22H,1-5,8-9H2,(H,19,20). The summed E-state index contributed by atoms with van der Waals surface area (Å²) < 4.78 is 40.0. The van der Waals surface area contributed by atoms with Crippen LogP contribution >= 0.6 is 0 Å². The van der Waals surface area contributed by atoms with E-state index in [1.807, 2.05) is 4.90 Å². The fourth-order valence-electron chi connectivity index (χ4n) is 2.72. The Kier molecular flexibility index (Phi) is 5.51. The maximum absolute atomic E-state index is 13.3. The van der Waals surface area contributed by atoms with Crippen LogP contribution < -0.4 is 10.2 Å². The molecule has 122 valence electrons. The maximum Gasteiger partial charge on any atom is 0.418 e. The molecule has 4 nitrogen and oxygen atoms in total. The predicted octanol–water partition coefficient (Wildman–Crippen LogP) is 4.31. The summed E-state index contributed by atoms with van der Waals surface area (Å²) in [5, 5.41) is 13.6. The molecule has 1 aliphatic heterocycles. The normalized spacial score (nSPS) is 17.3. The largest absolute Gasteiger partial charge is 0.418 e. The van der Waals surface area contributed by atoms with Crippen molar-refractivity contribution in [3.63, 3.8) is 0 Å². The Balaban J connectivity index is 2.31. The number of benzene rings is 1. The number of hydrogen-bond donors (Lipinski definition) is 2. The molecule has 0 aromatic heterocycles. The maximum atomic E-state index is 13.3. The van der Waals surface area contributed by atoms with E-state index in [9.17, 15) is 13.2 Å². The van der Waals surface area contributed by atoms with Crippen molar-refractivity contribution in [2.24, 2.45) is 5.16 Å². The van der Waals surface area contributed by atoms with E-state index >= 15 is 0 Å². The number of halogens is 3. The summed E-state index contributed by atoms with van der Waals surface area (Å²) in [6.45, 7) is 1.29. The lowest BCUT2D eigenvalue weighted by molar-refractivity contribution is -0.137. The topological polar surface area (TPSA) is 47.9 Å². The lowest BCUT2D eigenvalue weighted by atomic mass is 10.1. The van der Waals surface area contributed by atoms with Crippen molar-refractivity contribution < 1.29 is 18.4 Å². The summed E-state index contributed by atoms with van der Waals surface area (Å²) in [5.74, 6) is 0. The zero-order chi connectivity index (χ0) is 16.0. The van der Waals surface area contributed by atoms with Crippen molar-refractivity contribution in [1.82, 2.24) is 0 Å². The van der Waals surface area contributed by atoms with Gasteiger partial charge in [-0.2, -0.15) is 13.2 Å². The monoisotopic (exact) mass is 315 g/mol. The highest BCUT2D eigenvalue weighted by Gasteiger charge is 2.35. The van der Waals surface area contributed by atoms with Crippen LogP contribution in [-0.2, 0) is 6.18 Å². The third-order valence-electron chi connectivity index (χ3n) is 3.79. The van der Waals surface area contributed by atoms with Crippen LogP contribution in [0.25, 0.3) is 0 Å². The number of anilines is 2. The van der Waals surface area contributed by atoms with Crippen LogP contribution in [0.1, 0.15) is 37.7 Å². The van der Waals surface area contributed by atoms with Gasteiger partial charge in [0, 0.05) is 24.5 Å². The van der Waals surface area contributed by atoms with Crippen LogP contribution in [0.3, 0.4) is 0 Å². The van der Waals surface area contributed by atoms with Crippen molar-refractivity contribution in [1.29, 1.82) is 0 Å². The third kappa shape index (κ3) is 4.29. The van der Waals surface area contributed by atoms with Gasteiger partial charge in [0.25, 0.3) is 0 Å². The van der Waals surface area contributed by atoms with E-state index in [1.54, 1.807) is 6.07 Å². The minimum Gasteiger partial charge on any atom is -0.410 e. The summed E-state index contributed by atoms with van der Waals surface area (Å²) >= 11 is 0. The number of rotatable bonds is 3. The summed E-state index contributed by atoms with van der Waals surface area (Å²) in [4.78, 5) is 1.83. The number of alkyl halides is 3. The molecule has 2 rings (SSSR count). The molecule has 1 heterocycles. The Hall–Kier alpha value is -1.92.